The smallest absolute Gasteiger partial charge is 0.252 e. The summed E-state index contributed by atoms with van der Waals surface area (Å²) in [6.07, 6.45) is 6.74. The van der Waals surface area contributed by atoms with Gasteiger partial charge in [-0.2, -0.15) is 0 Å². The molecule has 0 spiro atoms. The Bertz CT molecular complexity index is 3800. The molecule has 4 heteroatoms. The summed E-state index contributed by atoms with van der Waals surface area (Å²) in [4.78, 5) is 5.79. The summed E-state index contributed by atoms with van der Waals surface area (Å²) >= 11 is 0. The fourth-order valence-corrected chi connectivity index (χ4v) is 16.5. The van der Waals surface area contributed by atoms with Crippen molar-refractivity contribution in [1.82, 2.24) is 4.57 Å². The van der Waals surface area contributed by atoms with Crippen molar-refractivity contribution in [3.63, 3.8) is 0 Å². The maximum atomic E-state index is 2.95. The van der Waals surface area contributed by atoms with Gasteiger partial charge in [-0.05, 0) is 148 Å². The molecule has 15 rings (SSSR count). The third-order valence-corrected chi connectivity index (χ3v) is 19.8. The molecule has 0 saturated heterocycles. The van der Waals surface area contributed by atoms with Crippen LogP contribution in [-0.2, 0) is 33.6 Å². The van der Waals surface area contributed by atoms with Gasteiger partial charge in [0.05, 0.1) is 22.0 Å². The van der Waals surface area contributed by atoms with E-state index in [-0.39, 0.29) is 33.9 Å². The Hall–Kier alpha value is -6.78. The van der Waals surface area contributed by atoms with E-state index in [0.717, 1.165) is 25.7 Å². The standard InChI is InChI=1S/C68H64BN3/c1-63(2,3)46-32-33-56-49(38-46)50-39-47(64(4,5)6)40-55-61(50)70(56)58-41-48(71-57-31-18-17-28-52(57)68(45-25-13-10-14-26-45)37-34-43-22-15-16-27-51(43)66(68,71)8)42-59-60(58)69(55)54-30-21-29-53-62(54)72(59)65(7)35-19-20-36-67(53,65)44-23-11-9-12-24-44/h9-18,21-33,38-42H,19-20,34-37H2,1-8H3. The van der Waals surface area contributed by atoms with Crippen LogP contribution in [0.4, 0.5) is 22.7 Å². The SMILES string of the molecule is CC(C)(C)c1ccc2c(c1)c1cc(C(C)(C)C)cc3c1n2-c1cc(N2c4ccccc4C4(c5ccccc5)CCc5ccccc5C24C)cc2c1B3c1cccc3c1N2C1(C)CCCCC31c1ccccc1. The fraction of sp³-hybridized carbons (Fsp3) is 0.294. The first-order chi connectivity index (χ1) is 34.7. The summed E-state index contributed by atoms with van der Waals surface area (Å²) in [5.41, 5.74) is 24.0. The topological polar surface area (TPSA) is 11.4 Å². The van der Waals surface area contributed by atoms with E-state index in [0.29, 0.717) is 0 Å². The van der Waals surface area contributed by atoms with Crippen LogP contribution in [0.5, 0.6) is 0 Å². The van der Waals surface area contributed by atoms with Crippen molar-refractivity contribution in [3.05, 3.63) is 214 Å². The average Bonchev–Trinajstić information content (AvgIpc) is 3.97. The maximum Gasteiger partial charge on any atom is 0.252 e. The van der Waals surface area contributed by atoms with E-state index < -0.39 is 5.54 Å². The van der Waals surface area contributed by atoms with Crippen LogP contribution in [0.1, 0.15) is 132 Å². The molecule has 5 heterocycles. The lowest BCUT2D eigenvalue weighted by Crippen LogP contribution is -2.64. The van der Waals surface area contributed by atoms with Gasteiger partial charge in [0.25, 0.3) is 6.71 Å². The number of anilines is 4. The summed E-state index contributed by atoms with van der Waals surface area (Å²) in [5.74, 6) is 0. The van der Waals surface area contributed by atoms with Gasteiger partial charge in [0.2, 0.25) is 0 Å². The highest BCUT2D eigenvalue weighted by Crippen LogP contribution is 2.68. The van der Waals surface area contributed by atoms with Crippen molar-refractivity contribution in [2.24, 2.45) is 0 Å². The monoisotopic (exact) mass is 934 g/mol. The molecule has 0 amide bonds. The highest BCUT2D eigenvalue weighted by molar-refractivity contribution is 7.00. The Kier molecular flexibility index (Phi) is 8.36. The molecule has 1 fully saturated rings. The summed E-state index contributed by atoms with van der Waals surface area (Å²) < 4.78 is 2.74. The van der Waals surface area contributed by atoms with Gasteiger partial charge in [-0.3, -0.25) is 0 Å². The molecule has 3 nitrogen and oxygen atoms in total. The fourth-order valence-electron chi connectivity index (χ4n) is 16.5. The second kappa shape index (κ2) is 14.0. The van der Waals surface area contributed by atoms with Crippen LogP contribution in [-0.4, -0.2) is 16.8 Å². The summed E-state index contributed by atoms with van der Waals surface area (Å²) in [7, 11) is 0. The van der Waals surface area contributed by atoms with Crippen molar-refractivity contribution >= 4 is 67.7 Å². The summed E-state index contributed by atoms with van der Waals surface area (Å²) in [5, 5.41) is 2.72. The van der Waals surface area contributed by atoms with Crippen molar-refractivity contribution in [2.75, 3.05) is 9.80 Å². The second-order valence-electron chi connectivity index (χ2n) is 25.0. The molecule has 354 valence electrons. The molecule has 8 aromatic carbocycles. The number of nitrogens with zero attached hydrogens (tertiary/aromatic N) is 3. The van der Waals surface area contributed by atoms with Gasteiger partial charge in [-0.25, -0.2) is 0 Å². The number of hydrogen-bond donors (Lipinski definition) is 0. The third kappa shape index (κ3) is 5.00. The van der Waals surface area contributed by atoms with Crippen LogP contribution in [0.2, 0.25) is 0 Å². The molecule has 2 aliphatic carbocycles. The molecule has 9 aromatic rings. The van der Waals surface area contributed by atoms with E-state index in [9.17, 15) is 0 Å². The highest BCUT2D eigenvalue weighted by Gasteiger charge is 2.66. The van der Waals surface area contributed by atoms with E-state index in [4.69, 9.17) is 0 Å². The second-order valence-corrected chi connectivity index (χ2v) is 25.0. The third-order valence-electron chi connectivity index (χ3n) is 19.8. The molecule has 72 heavy (non-hydrogen) atoms. The van der Waals surface area contributed by atoms with Crippen LogP contribution in [0, 0.1) is 0 Å². The molecule has 4 atom stereocenters. The molecule has 1 aromatic heterocycles. The first kappa shape index (κ1) is 42.9. The number of hydrogen-bond acceptors (Lipinski definition) is 2. The largest absolute Gasteiger partial charge is 0.335 e. The van der Waals surface area contributed by atoms with Crippen LogP contribution >= 0.6 is 0 Å². The predicted molar refractivity (Wildman–Crippen MR) is 303 cm³/mol. The number of fused-ring (bicyclic) bond motifs is 15. The van der Waals surface area contributed by atoms with Crippen LogP contribution in [0.25, 0.3) is 27.5 Å². The molecule has 6 aliphatic rings. The first-order valence-corrected chi connectivity index (χ1v) is 27.1. The summed E-state index contributed by atoms with van der Waals surface area (Å²) in [6, 6.07) is 67.6. The molecule has 4 aliphatic heterocycles. The van der Waals surface area contributed by atoms with E-state index in [1.165, 1.54) is 124 Å². The normalized spacial score (nSPS) is 24.2. The highest BCUT2D eigenvalue weighted by atomic mass is 15.3. The quantitative estimate of drug-likeness (QED) is 0.164. The molecule has 4 unspecified atom stereocenters. The Morgan fingerprint density at radius 2 is 1.12 bits per heavy atom. The zero-order valence-corrected chi connectivity index (χ0v) is 43.3. The van der Waals surface area contributed by atoms with Gasteiger partial charge in [0.15, 0.2) is 0 Å². The maximum absolute atomic E-state index is 2.95. The zero-order valence-electron chi connectivity index (χ0n) is 43.3. The van der Waals surface area contributed by atoms with E-state index in [1.54, 1.807) is 0 Å². The lowest BCUT2D eigenvalue weighted by atomic mass is 9.33. The minimum Gasteiger partial charge on any atom is -0.335 e. The lowest BCUT2D eigenvalue weighted by Gasteiger charge is -2.55. The average molecular weight is 934 g/mol. The van der Waals surface area contributed by atoms with Crippen molar-refractivity contribution in [3.8, 4) is 5.69 Å². The van der Waals surface area contributed by atoms with E-state index in [2.05, 4.69) is 240 Å². The van der Waals surface area contributed by atoms with Gasteiger partial charge in [-0.1, -0.05) is 188 Å². The molecule has 1 saturated carbocycles. The number of aryl methyl sites for hydroxylation is 1. The Labute approximate surface area is 426 Å². The number of rotatable bonds is 3. The number of aromatic nitrogens is 1. The van der Waals surface area contributed by atoms with Crippen molar-refractivity contribution in [1.29, 1.82) is 0 Å². The number of benzene rings is 8. The van der Waals surface area contributed by atoms with Gasteiger partial charge >= 0.3 is 0 Å². The van der Waals surface area contributed by atoms with Crippen molar-refractivity contribution < 1.29 is 0 Å². The van der Waals surface area contributed by atoms with Gasteiger partial charge in [-0.15, -0.1) is 0 Å². The zero-order chi connectivity index (χ0) is 48.9. The molecular formula is C68H64BN3. The van der Waals surface area contributed by atoms with Crippen molar-refractivity contribution in [2.45, 2.75) is 127 Å². The first-order valence-electron chi connectivity index (χ1n) is 27.1. The lowest BCUT2D eigenvalue weighted by molar-refractivity contribution is 0.215. The minimum atomic E-state index is -0.456. The minimum absolute atomic E-state index is 0.00459. The molecule has 0 radical (unpaired) electrons. The van der Waals surface area contributed by atoms with Gasteiger partial charge < -0.3 is 14.4 Å². The Balaban J connectivity index is 1.12. The Morgan fingerprint density at radius 1 is 0.486 bits per heavy atom. The van der Waals surface area contributed by atoms with E-state index >= 15 is 0 Å². The molecule has 0 bridgehead atoms. The summed E-state index contributed by atoms with van der Waals surface area (Å²) in [6.45, 7) is 19.6. The van der Waals surface area contributed by atoms with Gasteiger partial charge in [0, 0.05) is 50.1 Å². The number of para-hydroxylation sites is 2. The predicted octanol–water partition coefficient (Wildman–Crippen LogP) is 14.6. The van der Waals surface area contributed by atoms with Crippen LogP contribution in [0.3, 0.4) is 0 Å². The molecular weight excluding hydrogens is 870 g/mol. The van der Waals surface area contributed by atoms with E-state index in [1.807, 2.05) is 0 Å². The van der Waals surface area contributed by atoms with Crippen LogP contribution in [0.15, 0.2) is 170 Å². The van der Waals surface area contributed by atoms with Gasteiger partial charge in [0.1, 0.15) is 0 Å². The van der Waals surface area contributed by atoms with Crippen LogP contribution < -0.4 is 26.2 Å². The Morgan fingerprint density at radius 3 is 1.88 bits per heavy atom. The molecule has 0 N–H and O–H groups in total.